The Morgan fingerprint density at radius 2 is 2.14 bits per heavy atom. The maximum atomic E-state index is 12.4. The van der Waals surface area contributed by atoms with Gasteiger partial charge < -0.3 is 5.73 Å². The summed E-state index contributed by atoms with van der Waals surface area (Å²) in [5.74, 6) is 0.00443. The quantitative estimate of drug-likeness (QED) is 0.843. The Morgan fingerprint density at radius 3 is 2.76 bits per heavy atom. The Hall–Kier alpha value is -1.54. The molecule has 2 aromatic rings. The number of aromatic nitrogens is 2. The van der Waals surface area contributed by atoms with E-state index in [0.29, 0.717) is 12.2 Å². The number of anilines is 2. The van der Waals surface area contributed by atoms with E-state index in [0.717, 1.165) is 16.5 Å². The fraction of sp³-hybridized carbons (Fsp3) is 0.308. The molecule has 114 valence electrons. The Labute approximate surface area is 132 Å². The van der Waals surface area contributed by atoms with Crippen molar-refractivity contribution in [2.24, 2.45) is 0 Å². The molecule has 6 nitrogen and oxygen atoms in total. The van der Waals surface area contributed by atoms with Crippen LogP contribution < -0.4 is 10.5 Å². The monoisotopic (exact) mass is 372 g/mol. The molecule has 21 heavy (non-hydrogen) atoms. The van der Waals surface area contributed by atoms with E-state index in [4.69, 9.17) is 5.73 Å². The highest BCUT2D eigenvalue weighted by Gasteiger charge is 2.21. The first-order chi connectivity index (χ1) is 9.83. The van der Waals surface area contributed by atoms with E-state index in [-0.39, 0.29) is 10.7 Å². The average Bonchev–Trinajstić information content (AvgIpc) is 2.76. The molecule has 0 bridgehead atoms. The van der Waals surface area contributed by atoms with Crippen LogP contribution in [-0.2, 0) is 16.6 Å². The molecule has 0 fully saturated rings. The molecule has 1 aromatic heterocycles. The number of benzene rings is 1. The van der Waals surface area contributed by atoms with E-state index in [1.165, 1.54) is 10.9 Å². The van der Waals surface area contributed by atoms with Crippen molar-refractivity contribution >= 4 is 37.5 Å². The minimum Gasteiger partial charge on any atom is -0.381 e. The fourth-order valence-electron chi connectivity index (χ4n) is 1.89. The van der Waals surface area contributed by atoms with Crippen molar-refractivity contribution in [3.63, 3.8) is 0 Å². The second kappa shape index (κ2) is 6.07. The highest BCUT2D eigenvalue weighted by molar-refractivity contribution is 9.10. The van der Waals surface area contributed by atoms with Gasteiger partial charge in [-0.1, -0.05) is 22.9 Å². The van der Waals surface area contributed by atoms with Gasteiger partial charge in [-0.2, -0.15) is 5.10 Å². The first-order valence-electron chi connectivity index (χ1n) is 6.45. The summed E-state index contributed by atoms with van der Waals surface area (Å²) in [5.41, 5.74) is 7.13. The van der Waals surface area contributed by atoms with Crippen LogP contribution in [0.3, 0.4) is 0 Å². The molecule has 3 N–H and O–H groups in total. The van der Waals surface area contributed by atoms with E-state index in [9.17, 15) is 8.42 Å². The Balaban J connectivity index is 2.31. The van der Waals surface area contributed by atoms with E-state index >= 15 is 0 Å². The van der Waals surface area contributed by atoms with Crippen molar-refractivity contribution in [2.45, 2.75) is 31.7 Å². The molecule has 0 unspecified atom stereocenters. The lowest BCUT2D eigenvalue weighted by Crippen LogP contribution is -2.14. The van der Waals surface area contributed by atoms with Crippen molar-refractivity contribution < 1.29 is 8.42 Å². The highest BCUT2D eigenvalue weighted by Crippen LogP contribution is 2.24. The summed E-state index contributed by atoms with van der Waals surface area (Å²) >= 11 is 3.38. The topological polar surface area (TPSA) is 90.0 Å². The number of nitrogens with one attached hydrogen (secondary N) is 1. The number of sulfonamides is 1. The van der Waals surface area contributed by atoms with E-state index in [1.54, 1.807) is 18.2 Å². The number of halogens is 1. The van der Waals surface area contributed by atoms with Gasteiger partial charge in [0.25, 0.3) is 10.0 Å². The highest BCUT2D eigenvalue weighted by atomic mass is 79.9. The summed E-state index contributed by atoms with van der Waals surface area (Å²) in [6.07, 6.45) is 2.30. The number of nitrogen functional groups attached to an aromatic ring is 1. The van der Waals surface area contributed by atoms with Crippen molar-refractivity contribution in [3.8, 4) is 0 Å². The van der Waals surface area contributed by atoms with Gasteiger partial charge in [-0.15, -0.1) is 0 Å². The second-order valence-corrected chi connectivity index (χ2v) is 7.22. The molecule has 1 aromatic carbocycles. The van der Waals surface area contributed by atoms with Gasteiger partial charge in [-0.25, -0.2) is 8.42 Å². The third-order valence-corrected chi connectivity index (χ3v) is 5.20. The average molecular weight is 373 g/mol. The Morgan fingerprint density at radius 1 is 1.43 bits per heavy atom. The lowest BCUT2D eigenvalue weighted by Gasteiger charge is -2.08. The zero-order valence-electron chi connectivity index (χ0n) is 11.8. The molecule has 0 aliphatic heterocycles. The van der Waals surface area contributed by atoms with Crippen molar-refractivity contribution in [1.82, 2.24) is 9.78 Å². The zero-order valence-corrected chi connectivity index (χ0v) is 14.2. The predicted octanol–water partition coefficient (Wildman–Crippen LogP) is 2.75. The van der Waals surface area contributed by atoms with E-state index in [2.05, 4.69) is 25.8 Å². The maximum absolute atomic E-state index is 12.4. The van der Waals surface area contributed by atoms with Crippen LogP contribution >= 0.6 is 15.9 Å². The number of nitrogens with two attached hydrogens (primary N) is 1. The lowest BCUT2D eigenvalue weighted by molar-refractivity contribution is 0.595. The van der Waals surface area contributed by atoms with Crippen LogP contribution in [0.5, 0.6) is 0 Å². The minimum absolute atomic E-state index is 0.00322. The molecule has 8 heteroatoms. The summed E-state index contributed by atoms with van der Waals surface area (Å²) < 4.78 is 29.7. The molecule has 0 radical (unpaired) electrons. The van der Waals surface area contributed by atoms with Crippen molar-refractivity contribution in [2.75, 3.05) is 10.5 Å². The van der Waals surface area contributed by atoms with Crippen LogP contribution in [0.2, 0.25) is 0 Å². The van der Waals surface area contributed by atoms with Crippen LogP contribution in [0, 0.1) is 6.92 Å². The van der Waals surface area contributed by atoms with Crippen LogP contribution in [0.1, 0.15) is 18.9 Å². The maximum Gasteiger partial charge on any atom is 0.267 e. The first-order valence-corrected chi connectivity index (χ1v) is 8.73. The normalized spacial score (nSPS) is 11.6. The molecule has 0 saturated carbocycles. The van der Waals surface area contributed by atoms with E-state index < -0.39 is 10.0 Å². The zero-order chi connectivity index (χ0) is 15.6. The van der Waals surface area contributed by atoms with Gasteiger partial charge in [-0.3, -0.25) is 9.40 Å². The largest absolute Gasteiger partial charge is 0.381 e. The van der Waals surface area contributed by atoms with Gasteiger partial charge in [0.1, 0.15) is 4.90 Å². The number of rotatable bonds is 5. The Kier molecular flexibility index (Phi) is 4.58. The molecular weight excluding hydrogens is 356 g/mol. The summed E-state index contributed by atoms with van der Waals surface area (Å²) in [4.78, 5) is -0.00322. The summed E-state index contributed by atoms with van der Waals surface area (Å²) in [5, 5.41) is 4.01. The molecule has 0 aliphatic carbocycles. The third-order valence-electron chi connectivity index (χ3n) is 2.91. The van der Waals surface area contributed by atoms with Crippen molar-refractivity contribution in [1.29, 1.82) is 0 Å². The van der Waals surface area contributed by atoms with Crippen LogP contribution in [0.4, 0.5) is 11.5 Å². The molecular formula is C13H17BrN4O2S. The molecule has 1 heterocycles. The number of nitrogens with zero attached hydrogens (tertiary/aromatic N) is 2. The summed E-state index contributed by atoms with van der Waals surface area (Å²) in [6.45, 7) is 4.49. The third kappa shape index (κ3) is 3.56. The fourth-order valence-corrected chi connectivity index (χ4v) is 3.26. The van der Waals surface area contributed by atoms with Gasteiger partial charge >= 0.3 is 0 Å². The number of aryl methyl sites for hydroxylation is 2. The van der Waals surface area contributed by atoms with Gasteiger partial charge in [0.05, 0.1) is 0 Å². The lowest BCUT2D eigenvalue weighted by atomic mass is 10.2. The SMILES string of the molecule is CCCn1cc(S(=O)(=O)Nc2ccc(Br)c(C)c2)c(N)n1. The van der Waals surface area contributed by atoms with Gasteiger partial charge in [0, 0.05) is 22.9 Å². The van der Waals surface area contributed by atoms with Gasteiger partial charge in [0.15, 0.2) is 5.82 Å². The first kappa shape index (κ1) is 15.8. The second-order valence-electron chi connectivity index (χ2n) is 4.71. The van der Waals surface area contributed by atoms with Gasteiger partial charge in [0.2, 0.25) is 0 Å². The van der Waals surface area contributed by atoms with Crippen molar-refractivity contribution in [3.05, 3.63) is 34.4 Å². The summed E-state index contributed by atoms with van der Waals surface area (Å²) in [6, 6.07) is 5.21. The minimum atomic E-state index is -3.74. The van der Waals surface area contributed by atoms with Crippen LogP contribution in [-0.4, -0.2) is 18.2 Å². The molecule has 0 atom stereocenters. The predicted molar refractivity (Wildman–Crippen MR) is 86.6 cm³/mol. The van der Waals surface area contributed by atoms with Crippen LogP contribution in [0.25, 0.3) is 0 Å². The van der Waals surface area contributed by atoms with Crippen LogP contribution in [0.15, 0.2) is 33.8 Å². The van der Waals surface area contributed by atoms with Gasteiger partial charge in [-0.05, 0) is 37.1 Å². The molecule has 2 rings (SSSR count). The summed E-state index contributed by atoms with van der Waals surface area (Å²) in [7, 11) is -3.74. The molecule has 0 aliphatic rings. The number of hydrogen-bond donors (Lipinski definition) is 2. The molecule has 0 saturated heterocycles. The smallest absolute Gasteiger partial charge is 0.267 e. The number of hydrogen-bond acceptors (Lipinski definition) is 4. The Bertz CT molecular complexity index is 756. The van der Waals surface area contributed by atoms with E-state index in [1.807, 2.05) is 13.8 Å². The standard InChI is InChI=1S/C13H17BrN4O2S/c1-3-6-18-8-12(13(15)16-18)21(19,20)17-10-4-5-11(14)9(2)7-10/h4-5,7-8,17H,3,6H2,1-2H3,(H2,15,16). The molecule has 0 amide bonds. The molecule has 0 spiro atoms.